The van der Waals surface area contributed by atoms with Crippen LogP contribution in [0.1, 0.15) is 31.9 Å². The molecule has 0 aliphatic heterocycles. The molecule has 102 valence electrons. The Morgan fingerprint density at radius 3 is 2.67 bits per heavy atom. The van der Waals surface area contributed by atoms with E-state index in [0.717, 1.165) is 25.4 Å². The van der Waals surface area contributed by atoms with Crippen LogP contribution in [-0.4, -0.2) is 38.7 Å². The maximum Gasteiger partial charge on any atom is 0.119 e. The molecule has 0 aromatic heterocycles. The average molecular weight is 250 g/mol. The number of hydrogen-bond donors (Lipinski definition) is 1. The van der Waals surface area contributed by atoms with Crippen LogP contribution in [0.25, 0.3) is 0 Å². The number of benzene rings is 1. The van der Waals surface area contributed by atoms with Crippen molar-refractivity contribution in [2.75, 3.05) is 33.8 Å². The maximum atomic E-state index is 5.29. The maximum absolute atomic E-state index is 5.29. The van der Waals surface area contributed by atoms with Crippen molar-refractivity contribution in [3.63, 3.8) is 0 Å². The highest BCUT2D eigenvalue weighted by molar-refractivity contribution is 5.30. The highest BCUT2D eigenvalue weighted by Gasteiger charge is 2.13. The Kier molecular flexibility index (Phi) is 6.76. The molecule has 0 aliphatic carbocycles. The smallest absolute Gasteiger partial charge is 0.119 e. The molecule has 0 radical (unpaired) electrons. The van der Waals surface area contributed by atoms with Crippen molar-refractivity contribution in [1.29, 1.82) is 0 Å². The summed E-state index contributed by atoms with van der Waals surface area (Å²) in [5.41, 5.74) is 1.28. The molecule has 1 rings (SSSR count). The van der Waals surface area contributed by atoms with Crippen molar-refractivity contribution in [2.45, 2.75) is 26.3 Å². The molecule has 3 heteroatoms. The second-order valence-electron chi connectivity index (χ2n) is 4.51. The third kappa shape index (κ3) is 4.31. The van der Waals surface area contributed by atoms with E-state index in [1.54, 1.807) is 7.11 Å². The van der Waals surface area contributed by atoms with Gasteiger partial charge in [0, 0.05) is 12.6 Å². The molecule has 1 aromatic carbocycles. The summed E-state index contributed by atoms with van der Waals surface area (Å²) >= 11 is 0. The second kappa shape index (κ2) is 8.11. The van der Waals surface area contributed by atoms with Gasteiger partial charge in [0.15, 0.2) is 0 Å². The lowest BCUT2D eigenvalue weighted by Gasteiger charge is -2.26. The van der Waals surface area contributed by atoms with E-state index in [1.807, 2.05) is 13.1 Å². The fraction of sp³-hybridized carbons (Fsp3) is 0.600. The number of rotatable bonds is 8. The summed E-state index contributed by atoms with van der Waals surface area (Å²) in [5, 5.41) is 3.40. The van der Waals surface area contributed by atoms with Gasteiger partial charge in [-0.1, -0.05) is 26.0 Å². The van der Waals surface area contributed by atoms with Crippen molar-refractivity contribution >= 4 is 0 Å². The van der Waals surface area contributed by atoms with Crippen LogP contribution in [-0.2, 0) is 0 Å². The number of likely N-dealkylation sites (N-methyl/N-ethyl adjacent to an activating group) is 2. The molecule has 18 heavy (non-hydrogen) atoms. The summed E-state index contributed by atoms with van der Waals surface area (Å²) in [5.74, 6) is 0.922. The predicted octanol–water partition coefficient (Wildman–Crippen LogP) is 2.69. The van der Waals surface area contributed by atoms with E-state index in [4.69, 9.17) is 4.74 Å². The molecule has 0 saturated carbocycles. The Morgan fingerprint density at radius 2 is 2.11 bits per heavy atom. The molecular formula is C15H26N2O. The van der Waals surface area contributed by atoms with Crippen LogP contribution < -0.4 is 10.1 Å². The molecule has 0 bridgehead atoms. The number of nitrogens with one attached hydrogen (secondary N) is 1. The Balaban J connectivity index is 2.74. The van der Waals surface area contributed by atoms with Gasteiger partial charge in [0.2, 0.25) is 0 Å². The summed E-state index contributed by atoms with van der Waals surface area (Å²) in [7, 11) is 3.73. The lowest BCUT2D eigenvalue weighted by Crippen LogP contribution is -2.34. The van der Waals surface area contributed by atoms with E-state index >= 15 is 0 Å². The predicted molar refractivity (Wildman–Crippen MR) is 77.2 cm³/mol. The van der Waals surface area contributed by atoms with E-state index in [0.29, 0.717) is 6.04 Å². The zero-order valence-electron chi connectivity index (χ0n) is 12.1. The van der Waals surface area contributed by atoms with Crippen LogP contribution in [0.3, 0.4) is 0 Å². The first-order valence-electron chi connectivity index (χ1n) is 6.78. The quantitative estimate of drug-likeness (QED) is 0.767. The summed E-state index contributed by atoms with van der Waals surface area (Å²) in [6.45, 7) is 7.72. The lowest BCUT2D eigenvalue weighted by atomic mass is 10.1. The molecule has 1 atom stereocenters. The molecule has 0 spiro atoms. The largest absolute Gasteiger partial charge is 0.497 e. The number of hydrogen-bond acceptors (Lipinski definition) is 3. The van der Waals surface area contributed by atoms with Gasteiger partial charge in [-0.05, 0) is 44.3 Å². The van der Waals surface area contributed by atoms with Crippen LogP contribution in [0.15, 0.2) is 24.3 Å². The standard InChI is InChI=1S/C15H26N2O/c1-5-10-17(6-2)12-15(16-3)13-8-7-9-14(11-13)18-4/h7-9,11,15-16H,5-6,10,12H2,1-4H3. The van der Waals surface area contributed by atoms with Gasteiger partial charge < -0.3 is 15.0 Å². The van der Waals surface area contributed by atoms with Gasteiger partial charge in [0.25, 0.3) is 0 Å². The lowest BCUT2D eigenvalue weighted by molar-refractivity contribution is 0.258. The third-order valence-electron chi connectivity index (χ3n) is 3.27. The first-order chi connectivity index (χ1) is 8.74. The number of nitrogens with zero attached hydrogens (tertiary/aromatic N) is 1. The molecular weight excluding hydrogens is 224 g/mol. The molecule has 1 unspecified atom stereocenters. The van der Waals surface area contributed by atoms with Gasteiger partial charge >= 0.3 is 0 Å². The third-order valence-corrected chi connectivity index (χ3v) is 3.27. The van der Waals surface area contributed by atoms with Crippen LogP contribution in [0.2, 0.25) is 0 Å². The molecule has 0 heterocycles. The van der Waals surface area contributed by atoms with Crippen LogP contribution in [0.4, 0.5) is 0 Å². The molecule has 1 aromatic rings. The summed E-state index contributed by atoms with van der Waals surface area (Å²) in [6.07, 6.45) is 1.20. The van der Waals surface area contributed by atoms with Gasteiger partial charge in [0.05, 0.1) is 7.11 Å². The Labute approximate surface area is 111 Å². The monoisotopic (exact) mass is 250 g/mol. The Bertz CT molecular complexity index is 341. The number of ether oxygens (including phenoxy) is 1. The first-order valence-corrected chi connectivity index (χ1v) is 6.78. The van der Waals surface area contributed by atoms with Crippen LogP contribution >= 0.6 is 0 Å². The van der Waals surface area contributed by atoms with E-state index in [9.17, 15) is 0 Å². The fourth-order valence-corrected chi connectivity index (χ4v) is 2.17. The van der Waals surface area contributed by atoms with Gasteiger partial charge in [-0.2, -0.15) is 0 Å². The van der Waals surface area contributed by atoms with Crippen LogP contribution in [0, 0.1) is 0 Å². The zero-order valence-corrected chi connectivity index (χ0v) is 12.1. The minimum absolute atomic E-state index is 0.353. The normalized spacial score (nSPS) is 12.7. The van der Waals surface area contributed by atoms with E-state index in [2.05, 4.69) is 42.3 Å². The van der Waals surface area contributed by atoms with Gasteiger partial charge in [-0.15, -0.1) is 0 Å². The second-order valence-corrected chi connectivity index (χ2v) is 4.51. The summed E-state index contributed by atoms with van der Waals surface area (Å²) in [6, 6.07) is 8.66. The topological polar surface area (TPSA) is 24.5 Å². The Morgan fingerprint density at radius 1 is 1.33 bits per heavy atom. The minimum Gasteiger partial charge on any atom is -0.497 e. The first kappa shape index (κ1) is 15.0. The highest BCUT2D eigenvalue weighted by Crippen LogP contribution is 2.19. The molecule has 3 nitrogen and oxygen atoms in total. The molecule has 1 N–H and O–H groups in total. The molecule has 0 aliphatic rings. The zero-order chi connectivity index (χ0) is 13.4. The summed E-state index contributed by atoms with van der Waals surface area (Å²) in [4.78, 5) is 2.47. The SMILES string of the molecule is CCCN(CC)CC(NC)c1cccc(OC)c1. The van der Waals surface area contributed by atoms with Crippen molar-refractivity contribution < 1.29 is 4.74 Å². The van der Waals surface area contributed by atoms with Crippen molar-refractivity contribution in [2.24, 2.45) is 0 Å². The van der Waals surface area contributed by atoms with Gasteiger partial charge in [-0.3, -0.25) is 0 Å². The fourth-order valence-electron chi connectivity index (χ4n) is 2.17. The Hall–Kier alpha value is -1.06. The van der Waals surface area contributed by atoms with Crippen molar-refractivity contribution in [3.05, 3.63) is 29.8 Å². The highest BCUT2D eigenvalue weighted by atomic mass is 16.5. The van der Waals surface area contributed by atoms with Gasteiger partial charge in [-0.25, -0.2) is 0 Å². The number of methoxy groups -OCH3 is 1. The van der Waals surface area contributed by atoms with E-state index < -0.39 is 0 Å². The molecule has 0 fully saturated rings. The van der Waals surface area contributed by atoms with Crippen LogP contribution in [0.5, 0.6) is 5.75 Å². The minimum atomic E-state index is 0.353. The van der Waals surface area contributed by atoms with Crippen molar-refractivity contribution in [3.8, 4) is 5.75 Å². The van der Waals surface area contributed by atoms with Crippen molar-refractivity contribution in [1.82, 2.24) is 10.2 Å². The average Bonchev–Trinajstić information content (AvgIpc) is 2.43. The molecule has 0 saturated heterocycles. The van der Waals surface area contributed by atoms with E-state index in [-0.39, 0.29) is 0 Å². The van der Waals surface area contributed by atoms with E-state index in [1.165, 1.54) is 12.0 Å². The summed E-state index contributed by atoms with van der Waals surface area (Å²) < 4.78 is 5.29. The van der Waals surface area contributed by atoms with Gasteiger partial charge in [0.1, 0.15) is 5.75 Å². The molecule has 0 amide bonds.